The molecule has 0 aliphatic carbocycles. The minimum Gasteiger partial charge on any atom is -0.273 e. The number of aromatic amines is 1. The number of fused-ring (bicyclic) bond motifs is 1. The molecule has 9 heteroatoms. The van der Waals surface area contributed by atoms with Gasteiger partial charge in [0.1, 0.15) is 0 Å². The molecule has 0 atom stereocenters. The molecular formula is C13H7F3N4O2. The number of hydrogen-bond donors (Lipinski definition) is 1. The zero-order valence-electron chi connectivity index (χ0n) is 10.8. The zero-order chi connectivity index (χ0) is 15.9. The van der Waals surface area contributed by atoms with Gasteiger partial charge in [0.2, 0.25) is 0 Å². The summed E-state index contributed by atoms with van der Waals surface area (Å²) in [6.45, 7) is 0. The van der Waals surface area contributed by atoms with Crippen LogP contribution >= 0.6 is 0 Å². The van der Waals surface area contributed by atoms with Crippen molar-refractivity contribution in [2.24, 2.45) is 0 Å². The molecule has 3 aromatic rings. The summed E-state index contributed by atoms with van der Waals surface area (Å²) in [5.41, 5.74) is -2.82. The van der Waals surface area contributed by atoms with E-state index in [-0.39, 0.29) is 16.7 Å². The first-order valence-corrected chi connectivity index (χ1v) is 6.00. The predicted molar refractivity (Wildman–Crippen MR) is 70.8 cm³/mol. The van der Waals surface area contributed by atoms with Crippen LogP contribution in [0.25, 0.3) is 16.7 Å². The lowest BCUT2D eigenvalue weighted by Crippen LogP contribution is -2.30. The van der Waals surface area contributed by atoms with E-state index in [0.717, 1.165) is 22.8 Å². The highest BCUT2D eigenvalue weighted by atomic mass is 19.4. The number of hydrogen-bond acceptors (Lipinski definition) is 4. The Labute approximate surface area is 119 Å². The highest BCUT2D eigenvalue weighted by molar-refractivity contribution is 5.80. The number of nitrogens with one attached hydrogen (secondary N) is 1. The van der Waals surface area contributed by atoms with Crippen molar-refractivity contribution in [2.75, 3.05) is 0 Å². The molecule has 0 spiro atoms. The van der Waals surface area contributed by atoms with Gasteiger partial charge in [0, 0.05) is 12.4 Å². The molecule has 112 valence electrons. The summed E-state index contributed by atoms with van der Waals surface area (Å²) in [6.07, 6.45) is -0.755. The Balaban J connectivity index is 2.45. The van der Waals surface area contributed by atoms with Crippen LogP contribution in [0.3, 0.4) is 0 Å². The van der Waals surface area contributed by atoms with Crippen LogP contribution < -0.4 is 11.2 Å². The standard InChI is InChI=1S/C13H7F3N4O2/c14-13(15,16)7-1-2-8-9(5-7)20(12(22)19-11(8)21)10-6-17-3-4-18-10/h1-6H,(H,19,21,22). The van der Waals surface area contributed by atoms with E-state index >= 15 is 0 Å². The number of halogens is 3. The summed E-state index contributed by atoms with van der Waals surface area (Å²) >= 11 is 0. The van der Waals surface area contributed by atoms with Crippen molar-refractivity contribution in [2.45, 2.75) is 6.18 Å². The quantitative estimate of drug-likeness (QED) is 0.738. The van der Waals surface area contributed by atoms with Gasteiger partial charge in [0.05, 0.1) is 22.7 Å². The molecule has 0 bridgehead atoms. The lowest BCUT2D eigenvalue weighted by Gasteiger charge is -2.11. The van der Waals surface area contributed by atoms with Gasteiger partial charge < -0.3 is 0 Å². The van der Waals surface area contributed by atoms with E-state index in [1.807, 2.05) is 4.98 Å². The third-order valence-corrected chi connectivity index (χ3v) is 3.01. The molecule has 2 heterocycles. The molecule has 0 saturated heterocycles. The van der Waals surface area contributed by atoms with E-state index in [4.69, 9.17) is 0 Å². The summed E-state index contributed by atoms with van der Waals surface area (Å²) in [5, 5.41) is -0.0572. The van der Waals surface area contributed by atoms with Crippen LogP contribution in [0.1, 0.15) is 5.56 Å². The van der Waals surface area contributed by atoms with Crippen molar-refractivity contribution in [3.63, 3.8) is 0 Å². The average Bonchev–Trinajstić information content (AvgIpc) is 2.47. The Morgan fingerprint density at radius 2 is 1.91 bits per heavy atom. The van der Waals surface area contributed by atoms with Crippen LogP contribution in [-0.2, 0) is 6.18 Å². The van der Waals surface area contributed by atoms with Gasteiger partial charge in [-0.05, 0) is 18.2 Å². The van der Waals surface area contributed by atoms with E-state index in [2.05, 4.69) is 9.97 Å². The molecule has 0 radical (unpaired) electrons. The molecule has 0 saturated carbocycles. The minimum atomic E-state index is -4.60. The van der Waals surface area contributed by atoms with Gasteiger partial charge in [-0.3, -0.25) is 14.8 Å². The fraction of sp³-hybridized carbons (Fsp3) is 0.0769. The van der Waals surface area contributed by atoms with Gasteiger partial charge in [-0.2, -0.15) is 13.2 Å². The smallest absolute Gasteiger partial charge is 0.273 e. The first kappa shape index (κ1) is 14.0. The van der Waals surface area contributed by atoms with Gasteiger partial charge in [0.25, 0.3) is 5.56 Å². The molecule has 6 nitrogen and oxygen atoms in total. The Kier molecular flexibility index (Phi) is 3.05. The Morgan fingerprint density at radius 3 is 2.55 bits per heavy atom. The predicted octanol–water partition coefficient (Wildman–Crippen LogP) is 1.49. The monoisotopic (exact) mass is 308 g/mol. The Morgan fingerprint density at radius 1 is 1.14 bits per heavy atom. The van der Waals surface area contributed by atoms with E-state index in [1.165, 1.54) is 18.6 Å². The van der Waals surface area contributed by atoms with Gasteiger partial charge >= 0.3 is 11.9 Å². The van der Waals surface area contributed by atoms with Crippen LogP contribution in [0, 0.1) is 0 Å². The SMILES string of the molecule is O=c1[nH]c(=O)n(-c2cnccn2)c2cc(C(F)(F)F)ccc12. The first-order valence-electron chi connectivity index (χ1n) is 6.00. The lowest BCUT2D eigenvalue weighted by molar-refractivity contribution is -0.137. The summed E-state index contributed by atoms with van der Waals surface area (Å²) in [7, 11) is 0. The lowest BCUT2D eigenvalue weighted by atomic mass is 10.1. The fourth-order valence-corrected chi connectivity index (χ4v) is 2.05. The van der Waals surface area contributed by atoms with Crippen molar-refractivity contribution in [1.82, 2.24) is 19.5 Å². The van der Waals surface area contributed by atoms with Crippen molar-refractivity contribution >= 4 is 10.9 Å². The number of rotatable bonds is 1. The van der Waals surface area contributed by atoms with E-state index in [0.29, 0.717) is 0 Å². The molecular weight excluding hydrogens is 301 g/mol. The summed E-state index contributed by atoms with van der Waals surface area (Å²) in [6, 6.07) is 2.53. The molecule has 1 aromatic carbocycles. The van der Waals surface area contributed by atoms with Crippen LogP contribution in [0.15, 0.2) is 46.4 Å². The van der Waals surface area contributed by atoms with Crippen LogP contribution in [0.4, 0.5) is 13.2 Å². The molecule has 3 rings (SSSR count). The number of nitrogens with zero attached hydrogens (tertiary/aromatic N) is 3. The highest BCUT2D eigenvalue weighted by Crippen LogP contribution is 2.30. The molecule has 1 N–H and O–H groups in total. The summed E-state index contributed by atoms with van der Waals surface area (Å²) in [5.74, 6) is 0.00748. The second-order valence-corrected chi connectivity index (χ2v) is 4.39. The highest BCUT2D eigenvalue weighted by Gasteiger charge is 2.31. The zero-order valence-corrected chi connectivity index (χ0v) is 10.8. The average molecular weight is 308 g/mol. The van der Waals surface area contributed by atoms with Crippen LogP contribution in [0.2, 0.25) is 0 Å². The first-order chi connectivity index (χ1) is 10.4. The molecule has 0 aliphatic rings. The Bertz CT molecular complexity index is 961. The normalized spacial score (nSPS) is 11.8. The number of H-pyrrole nitrogens is 1. The largest absolute Gasteiger partial charge is 0.416 e. The van der Waals surface area contributed by atoms with E-state index in [9.17, 15) is 22.8 Å². The second kappa shape index (κ2) is 4.79. The Hall–Kier alpha value is -2.97. The number of alkyl halides is 3. The maximum Gasteiger partial charge on any atom is 0.416 e. The molecule has 2 aromatic heterocycles. The van der Waals surface area contributed by atoms with Crippen molar-refractivity contribution in [1.29, 1.82) is 0 Å². The van der Waals surface area contributed by atoms with Crippen molar-refractivity contribution < 1.29 is 13.2 Å². The summed E-state index contributed by atoms with van der Waals surface area (Å²) < 4.78 is 39.4. The minimum absolute atomic E-state index is 0.00748. The maximum absolute atomic E-state index is 12.8. The fourth-order valence-electron chi connectivity index (χ4n) is 2.05. The molecule has 22 heavy (non-hydrogen) atoms. The maximum atomic E-state index is 12.8. The molecule has 0 fully saturated rings. The van der Waals surface area contributed by atoms with Gasteiger partial charge in [-0.25, -0.2) is 14.3 Å². The van der Waals surface area contributed by atoms with Crippen molar-refractivity contribution in [3.8, 4) is 5.82 Å². The van der Waals surface area contributed by atoms with Gasteiger partial charge in [-0.1, -0.05) is 0 Å². The second-order valence-electron chi connectivity index (χ2n) is 4.39. The van der Waals surface area contributed by atoms with Gasteiger partial charge in [-0.15, -0.1) is 0 Å². The topological polar surface area (TPSA) is 80.6 Å². The number of aromatic nitrogens is 4. The summed E-state index contributed by atoms with van der Waals surface area (Å²) in [4.78, 5) is 33.4. The molecule has 0 aliphatic heterocycles. The van der Waals surface area contributed by atoms with Crippen LogP contribution in [-0.4, -0.2) is 19.5 Å². The number of benzene rings is 1. The molecule has 0 unspecified atom stereocenters. The van der Waals surface area contributed by atoms with Gasteiger partial charge in [0.15, 0.2) is 5.82 Å². The molecule has 0 amide bonds. The third-order valence-electron chi connectivity index (χ3n) is 3.01. The van der Waals surface area contributed by atoms with Crippen LogP contribution in [0.5, 0.6) is 0 Å². The third kappa shape index (κ3) is 2.26. The van der Waals surface area contributed by atoms with E-state index < -0.39 is 23.0 Å². The van der Waals surface area contributed by atoms with E-state index in [1.54, 1.807) is 0 Å². The van der Waals surface area contributed by atoms with Crippen molar-refractivity contribution in [3.05, 3.63) is 63.2 Å².